The van der Waals surface area contributed by atoms with Crippen molar-refractivity contribution in [1.82, 2.24) is 9.21 Å². The van der Waals surface area contributed by atoms with Crippen molar-refractivity contribution in [2.24, 2.45) is 11.8 Å². The van der Waals surface area contributed by atoms with E-state index < -0.39 is 25.1 Å². The summed E-state index contributed by atoms with van der Waals surface area (Å²) in [6.45, 7) is 7.27. The Morgan fingerprint density at radius 2 is 1.57 bits per heavy atom. The lowest BCUT2D eigenvalue weighted by molar-refractivity contribution is 0.221. The molecular weight excluding hydrogens is 396 g/mol. The van der Waals surface area contributed by atoms with Crippen LogP contribution in [0.25, 0.3) is 0 Å². The highest BCUT2D eigenvalue weighted by Gasteiger charge is 2.45. The molecule has 2 fully saturated rings. The van der Waals surface area contributed by atoms with Crippen LogP contribution in [0.5, 0.6) is 0 Å². The van der Waals surface area contributed by atoms with E-state index in [1.807, 2.05) is 26.0 Å². The van der Waals surface area contributed by atoms with E-state index in [0.717, 1.165) is 31.5 Å². The van der Waals surface area contributed by atoms with E-state index in [1.165, 1.54) is 23.6 Å². The van der Waals surface area contributed by atoms with Crippen LogP contribution in [0, 0.1) is 11.8 Å². The Hall–Kier alpha value is -0.960. The molecule has 2 atom stereocenters. The van der Waals surface area contributed by atoms with E-state index >= 15 is 0 Å². The molecule has 2 aliphatic rings. The first-order valence-corrected chi connectivity index (χ1v) is 13.5. The van der Waals surface area contributed by atoms with E-state index in [-0.39, 0.29) is 24.9 Å². The highest BCUT2D eigenvalue weighted by Crippen LogP contribution is 2.34. The number of hydrogen-bond donors (Lipinski definition) is 0. The van der Waals surface area contributed by atoms with Gasteiger partial charge in [0.1, 0.15) is 0 Å². The Bertz CT molecular complexity index is 873. The number of hydrogen-bond acceptors (Lipinski definition) is 5. The summed E-state index contributed by atoms with van der Waals surface area (Å²) in [5.41, 5.74) is 1.12. The molecule has 0 aliphatic carbocycles. The van der Waals surface area contributed by atoms with Gasteiger partial charge in [0.15, 0.2) is 9.84 Å². The molecule has 0 aromatic heterocycles. The van der Waals surface area contributed by atoms with Gasteiger partial charge in [-0.05, 0) is 55.5 Å². The van der Waals surface area contributed by atoms with E-state index in [9.17, 15) is 16.8 Å². The van der Waals surface area contributed by atoms with Crippen LogP contribution in [-0.2, 0) is 26.4 Å². The highest BCUT2D eigenvalue weighted by molar-refractivity contribution is 7.92. The second kappa shape index (κ2) is 8.42. The lowest BCUT2D eigenvalue weighted by Crippen LogP contribution is -2.33. The standard InChI is InChI=1S/C20H32N2O4S2/c1-16(2)19-14-22(27(3,23)24)15-20(19)28(25,26)18-9-7-17(8-10-18)13-21-11-5-4-6-12-21/h7-10,16,19-20H,4-6,11-15H2,1-3H3/t19-,20?/m0/s1. The van der Waals surface area contributed by atoms with Crippen LogP contribution in [0.2, 0.25) is 0 Å². The third-order valence-corrected chi connectivity index (χ3v) is 9.57. The maximum Gasteiger partial charge on any atom is 0.211 e. The maximum absolute atomic E-state index is 13.3. The normalized spacial score (nSPS) is 25.4. The second-order valence-corrected chi connectivity index (χ2v) is 12.7. The number of piperidine rings is 1. The van der Waals surface area contributed by atoms with Crippen LogP contribution in [0.15, 0.2) is 29.2 Å². The van der Waals surface area contributed by atoms with E-state index in [0.29, 0.717) is 4.90 Å². The Morgan fingerprint density at radius 3 is 2.11 bits per heavy atom. The molecule has 3 rings (SSSR count). The predicted molar refractivity (Wildman–Crippen MR) is 111 cm³/mol. The fraction of sp³-hybridized carbons (Fsp3) is 0.700. The van der Waals surface area contributed by atoms with Crippen molar-refractivity contribution in [1.29, 1.82) is 0 Å². The summed E-state index contributed by atoms with van der Waals surface area (Å²) >= 11 is 0. The Kier molecular flexibility index (Phi) is 6.54. The van der Waals surface area contributed by atoms with Crippen molar-refractivity contribution < 1.29 is 16.8 Å². The summed E-state index contributed by atoms with van der Waals surface area (Å²) in [5, 5.41) is -0.699. The van der Waals surface area contributed by atoms with Crippen LogP contribution in [0.3, 0.4) is 0 Å². The maximum atomic E-state index is 13.3. The molecule has 6 nitrogen and oxygen atoms in total. The predicted octanol–water partition coefficient (Wildman–Crippen LogP) is 2.36. The highest BCUT2D eigenvalue weighted by atomic mass is 32.2. The molecule has 0 N–H and O–H groups in total. The summed E-state index contributed by atoms with van der Waals surface area (Å²) in [5.74, 6) is -0.113. The molecule has 0 saturated carbocycles. The number of benzene rings is 1. The molecule has 2 aliphatic heterocycles. The van der Waals surface area contributed by atoms with Crippen LogP contribution >= 0.6 is 0 Å². The number of sulfone groups is 1. The van der Waals surface area contributed by atoms with E-state index in [1.54, 1.807) is 12.1 Å². The Morgan fingerprint density at radius 1 is 0.964 bits per heavy atom. The smallest absolute Gasteiger partial charge is 0.211 e. The molecule has 158 valence electrons. The van der Waals surface area contributed by atoms with Gasteiger partial charge < -0.3 is 0 Å². The zero-order valence-electron chi connectivity index (χ0n) is 17.0. The van der Waals surface area contributed by atoms with Crippen LogP contribution < -0.4 is 0 Å². The van der Waals surface area contributed by atoms with Crippen molar-refractivity contribution in [3.8, 4) is 0 Å². The molecule has 8 heteroatoms. The molecule has 0 spiro atoms. The summed E-state index contributed by atoms with van der Waals surface area (Å²) in [6.07, 6.45) is 4.88. The second-order valence-electron chi connectivity index (χ2n) is 8.55. The van der Waals surface area contributed by atoms with Gasteiger partial charge >= 0.3 is 0 Å². The molecule has 0 radical (unpaired) electrons. The number of rotatable bonds is 6. The summed E-state index contributed by atoms with van der Waals surface area (Å²) < 4.78 is 51.8. The van der Waals surface area contributed by atoms with Crippen molar-refractivity contribution in [2.45, 2.75) is 49.8 Å². The average molecular weight is 429 g/mol. The monoisotopic (exact) mass is 428 g/mol. The topological polar surface area (TPSA) is 74.8 Å². The zero-order chi connectivity index (χ0) is 20.5. The Labute approximate surface area is 169 Å². The van der Waals surface area contributed by atoms with Crippen molar-refractivity contribution >= 4 is 19.9 Å². The van der Waals surface area contributed by atoms with Crippen molar-refractivity contribution in [3.05, 3.63) is 29.8 Å². The largest absolute Gasteiger partial charge is 0.299 e. The van der Waals surface area contributed by atoms with Gasteiger partial charge in [0.2, 0.25) is 10.0 Å². The quantitative estimate of drug-likeness (QED) is 0.695. The molecule has 0 amide bonds. The number of likely N-dealkylation sites (tertiary alicyclic amines) is 1. The minimum absolute atomic E-state index is 0.0412. The average Bonchev–Trinajstić information content (AvgIpc) is 3.10. The van der Waals surface area contributed by atoms with Gasteiger partial charge in [-0.3, -0.25) is 4.90 Å². The third-order valence-electron chi connectivity index (χ3n) is 6.11. The van der Waals surface area contributed by atoms with Gasteiger partial charge in [0.25, 0.3) is 0 Å². The molecule has 2 heterocycles. The number of sulfonamides is 1. The first kappa shape index (κ1) is 21.7. The fourth-order valence-corrected chi connectivity index (χ4v) is 7.41. The van der Waals surface area contributed by atoms with Gasteiger partial charge in [-0.2, -0.15) is 0 Å². The lowest BCUT2D eigenvalue weighted by atomic mass is 9.95. The lowest BCUT2D eigenvalue weighted by Gasteiger charge is -2.26. The first-order valence-electron chi connectivity index (χ1n) is 10.1. The summed E-state index contributed by atoms with van der Waals surface area (Å²) in [4.78, 5) is 2.70. The SMILES string of the molecule is CC(C)[C@@H]1CN(S(C)(=O)=O)CC1S(=O)(=O)c1ccc(CN2CCCCC2)cc1. The molecular formula is C20H32N2O4S2. The number of nitrogens with zero attached hydrogens (tertiary/aromatic N) is 2. The molecule has 1 unspecified atom stereocenters. The van der Waals surface area contributed by atoms with E-state index in [2.05, 4.69) is 4.90 Å². The molecule has 2 saturated heterocycles. The summed E-state index contributed by atoms with van der Waals surface area (Å²) in [7, 11) is -7.00. The van der Waals surface area contributed by atoms with Crippen molar-refractivity contribution in [2.75, 3.05) is 32.4 Å². The minimum atomic E-state index is -3.60. The van der Waals surface area contributed by atoms with Crippen molar-refractivity contribution in [3.63, 3.8) is 0 Å². The molecule has 1 aromatic carbocycles. The Balaban J connectivity index is 1.79. The van der Waals surface area contributed by atoms with Gasteiger partial charge in [-0.15, -0.1) is 0 Å². The molecule has 1 aromatic rings. The zero-order valence-corrected chi connectivity index (χ0v) is 18.7. The van der Waals surface area contributed by atoms with Crippen LogP contribution in [0.4, 0.5) is 0 Å². The molecule has 0 bridgehead atoms. The third kappa shape index (κ3) is 4.78. The van der Waals surface area contributed by atoms with Crippen LogP contribution in [0.1, 0.15) is 38.7 Å². The van der Waals surface area contributed by atoms with Gasteiger partial charge in [0, 0.05) is 19.6 Å². The van der Waals surface area contributed by atoms with Crippen LogP contribution in [-0.4, -0.2) is 63.7 Å². The van der Waals surface area contributed by atoms with E-state index in [4.69, 9.17) is 0 Å². The van der Waals surface area contributed by atoms with Gasteiger partial charge in [0.05, 0.1) is 16.4 Å². The van der Waals surface area contributed by atoms with Gasteiger partial charge in [-0.25, -0.2) is 21.1 Å². The van der Waals surface area contributed by atoms with Gasteiger partial charge in [-0.1, -0.05) is 32.4 Å². The summed E-state index contributed by atoms with van der Waals surface area (Å²) in [6, 6.07) is 7.18. The molecule has 28 heavy (non-hydrogen) atoms. The fourth-order valence-electron chi connectivity index (χ4n) is 4.34. The first-order chi connectivity index (χ1) is 13.1. The minimum Gasteiger partial charge on any atom is -0.299 e.